The molecule has 0 spiro atoms. The van der Waals surface area contributed by atoms with E-state index in [9.17, 15) is 13.2 Å². The van der Waals surface area contributed by atoms with Crippen LogP contribution in [0.3, 0.4) is 0 Å². The number of halogens is 1. The molecule has 0 aliphatic rings. The highest BCUT2D eigenvalue weighted by Crippen LogP contribution is 2.24. The Morgan fingerprint density at radius 1 is 1.41 bits per heavy atom. The third kappa shape index (κ3) is 5.82. The molecule has 22 heavy (non-hydrogen) atoms. The van der Waals surface area contributed by atoms with Crippen LogP contribution in [0.1, 0.15) is 12.0 Å². The first-order valence-electron chi connectivity index (χ1n) is 6.75. The fourth-order valence-electron chi connectivity index (χ4n) is 1.77. The van der Waals surface area contributed by atoms with Crippen molar-refractivity contribution in [2.75, 3.05) is 37.4 Å². The molecule has 1 aromatic rings. The summed E-state index contributed by atoms with van der Waals surface area (Å²) in [5, 5.41) is 3.11. The summed E-state index contributed by atoms with van der Waals surface area (Å²) in [6.07, 6.45) is 1.72. The highest BCUT2D eigenvalue weighted by molar-refractivity contribution is 7.92. The van der Waals surface area contributed by atoms with E-state index in [4.69, 9.17) is 16.3 Å². The van der Waals surface area contributed by atoms with Crippen LogP contribution < -0.4 is 9.62 Å². The smallest absolute Gasteiger partial charge is 0.240 e. The maximum Gasteiger partial charge on any atom is 0.240 e. The number of hydrogen-bond acceptors (Lipinski definition) is 4. The van der Waals surface area contributed by atoms with Gasteiger partial charge in [0.1, 0.15) is 6.54 Å². The molecular weight excluding hydrogens is 328 g/mol. The number of anilines is 1. The van der Waals surface area contributed by atoms with Crippen LogP contribution >= 0.6 is 11.6 Å². The molecule has 0 fully saturated rings. The van der Waals surface area contributed by atoms with Crippen LogP contribution in [0.15, 0.2) is 18.2 Å². The Balaban J connectivity index is 2.82. The summed E-state index contributed by atoms with van der Waals surface area (Å²) < 4.78 is 29.8. The van der Waals surface area contributed by atoms with E-state index in [2.05, 4.69) is 5.32 Å². The van der Waals surface area contributed by atoms with Crippen LogP contribution in [-0.4, -0.2) is 47.4 Å². The molecular formula is C14H21ClN2O4S. The first-order chi connectivity index (χ1) is 10.3. The summed E-state index contributed by atoms with van der Waals surface area (Å²) >= 11 is 6.03. The lowest BCUT2D eigenvalue weighted by Crippen LogP contribution is -2.40. The minimum atomic E-state index is -3.59. The molecule has 0 unspecified atom stereocenters. The molecule has 1 aromatic carbocycles. The second-order valence-electron chi connectivity index (χ2n) is 4.90. The monoisotopic (exact) mass is 348 g/mol. The molecule has 6 nitrogen and oxygen atoms in total. The van der Waals surface area contributed by atoms with Crippen molar-refractivity contribution in [2.45, 2.75) is 13.3 Å². The quantitative estimate of drug-likeness (QED) is 0.723. The third-order valence-corrected chi connectivity index (χ3v) is 4.53. The second kappa shape index (κ2) is 8.36. The number of aryl methyl sites for hydroxylation is 1. The van der Waals surface area contributed by atoms with Crippen LogP contribution in [0.5, 0.6) is 0 Å². The first-order valence-corrected chi connectivity index (χ1v) is 8.98. The lowest BCUT2D eigenvalue weighted by Gasteiger charge is -2.22. The molecule has 1 N–H and O–H groups in total. The van der Waals surface area contributed by atoms with E-state index < -0.39 is 10.0 Å². The number of methoxy groups -OCH3 is 1. The molecule has 0 saturated carbocycles. The minimum Gasteiger partial charge on any atom is -0.385 e. The molecule has 1 amide bonds. The Morgan fingerprint density at radius 3 is 2.64 bits per heavy atom. The zero-order valence-electron chi connectivity index (χ0n) is 12.9. The average Bonchev–Trinajstić information content (AvgIpc) is 2.43. The van der Waals surface area contributed by atoms with E-state index in [0.717, 1.165) is 16.1 Å². The van der Waals surface area contributed by atoms with Crippen LogP contribution in [0, 0.1) is 6.92 Å². The van der Waals surface area contributed by atoms with Gasteiger partial charge in [0.25, 0.3) is 0 Å². The molecule has 0 atom stereocenters. The summed E-state index contributed by atoms with van der Waals surface area (Å²) in [7, 11) is -2.01. The summed E-state index contributed by atoms with van der Waals surface area (Å²) in [6, 6.07) is 4.88. The summed E-state index contributed by atoms with van der Waals surface area (Å²) in [5.74, 6) is -0.377. The van der Waals surface area contributed by atoms with Crippen molar-refractivity contribution in [2.24, 2.45) is 0 Å². The van der Waals surface area contributed by atoms with Gasteiger partial charge in [0, 0.05) is 25.3 Å². The molecule has 0 aliphatic heterocycles. The molecule has 0 heterocycles. The topological polar surface area (TPSA) is 75.7 Å². The molecule has 0 saturated heterocycles. The predicted molar refractivity (Wildman–Crippen MR) is 87.9 cm³/mol. The molecule has 124 valence electrons. The number of nitrogens with zero attached hydrogens (tertiary/aromatic N) is 1. The van der Waals surface area contributed by atoms with Gasteiger partial charge in [-0.1, -0.05) is 17.7 Å². The van der Waals surface area contributed by atoms with E-state index in [0.29, 0.717) is 30.3 Å². The highest BCUT2D eigenvalue weighted by atomic mass is 35.5. The van der Waals surface area contributed by atoms with Gasteiger partial charge in [-0.05, 0) is 31.0 Å². The number of carbonyl (C=O) groups excluding carboxylic acids is 1. The first kappa shape index (κ1) is 18.7. The van der Waals surface area contributed by atoms with Crippen molar-refractivity contribution in [1.82, 2.24) is 5.32 Å². The number of nitrogens with one attached hydrogen (secondary N) is 1. The Labute approximate surface area is 136 Å². The van der Waals surface area contributed by atoms with Crippen LogP contribution in [0.4, 0.5) is 5.69 Å². The van der Waals surface area contributed by atoms with Gasteiger partial charge in [-0.2, -0.15) is 0 Å². The maximum absolute atomic E-state index is 11.9. The fourth-order valence-corrected chi connectivity index (χ4v) is 2.79. The molecule has 0 aromatic heterocycles. The second-order valence-corrected chi connectivity index (χ2v) is 7.21. The van der Waals surface area contributed by atoms with Gasteiger partial charge in [0.05, 0.1) is 11.9 Å². The molecule has 0 aliphatic carbocycles. The number of benzene rings is 1. The highest BCUT2D eigenvalue weighted by Gasteiger charge is 2.21. The third-order valence-electron chi connectivity index (χ3n) is 2.98. The van der Waals surface area contributed by atoms with E-state index in [1.54, 1.807) is 19.2 Å². The zero-order valence-corrected chi connectivity index (χ0v) is 14.5. The van der Waals surface area contributed by atoms with Crippen molar-refractivity contribution < 1.29 is 17.9 Å². The SMILES string of the molecule is COCCCNC(=O)CN(c1ccc(C)c(Cl)c1)S(C)(=O)=O. The fraction of sp³-hybridized carbons (Fsp3) is 0.500. The van der Waals surface area contributed by atoms with E-state index in [1.165, 1.54) is 6.07 Å². The van der Waals surface area contributed by atoms with Crippen molar-refractivity contribution in [3.05, 3.63) is 28.8 Å². The Morgan fingerprint density at radius 2 is 2.09 bits per heavy atom. The largest absolute Gasteiger partial charge is 0.385 e. The van der Waals surface area contributed by atoms with Crippen molar-refractivity contribution in [1.29, 1.82) is 0 Å². The number of carbonyl (C=O) groups is 1. The van der Waals surface area contributed by atoms with Crippen LogP contribution in [0.25, 0.3) is 0 Å². The summed E-state index contributed by atoms with van der Waals surface area (Å²) in [4.78, 5) is 11.9. The number of ether oxygens (including phenoxy) is 1. The predicted octanol–water partition coefficient (Wildman–Crippen LogP) is 1.57. The number of hydrogen-bond donors (Lipinski definition) is 1. The zero-order chi connectivity index (χ0) is 16.8. The Kier molecular flexibility index (Phi) is 7.12. The van der Waals surface area contributed by atoms with Gasteiger partial charge >= 0.3 is 0 Å². The number of sulfonamides is 1. The van der Waals surface area contributed by atoms with Gasteiger partial charge in [-0.15, -0.1) is 0 Å². The van der Waals surface area contributed by atoms with Crippen molar-refractivity contribution in [3.63, 3.8) is 0 Å². The van der Waals surface area contributed by atoms with Crippen LogP contribution in [-0.2, 0) is 19.6 Å². The lowest BCUT2D eigenvalue weighted by molar-refractivity contribution is -0.119. The van der Waals surface area contributed by atoms with E-state index in [1.807, 2.05) is 6.92 Å². The Bertz CT molecular complexity index is 619. The summed E-state index contributed by atoms with van der Waals surface area (Å²) in [6.45, 7) is 2.49. The van der Waals surface area contributed by atoms with Gasteiger partial charge in [0.15, 0.2) is 0 Å². The number of rotatable bonds is 8. The molecule has 0 radical (unpaired) electrons. The number of amides is 1. The van der Waals surface area contributed by atoms with Gasteiger partial charge in [0.2, 0.25) is 15.9 Å². The molecule has 1 rings (SSSR count). The Hall–Kier alpha value is -1.31. The van der Waals surface area contributed by atoms with Crippen LogP contribution in [0.2, 0.25) is 5.02 Å². The van der Waals surface area contributed by atoms with Gasteiger partial charge < -0.3 is 10.1 Å². The normalized spacial score (nSPS) is 11.3. The summed E-state index contributed by atoms with van der Waals surface area (Å²) in [5.41, 5.74) is 1.20. The molecule has 0 bridgehead atoms. The van der Waals surface area contributed by atoms with Gasteiger partial charge in [-0.25, -0.2) is 8.42 Å². The molecule has 8 heteroatoms. The van der Waals surface area contributed by atoms with E-state index in [-0.39, 0.29) is 12.5 Å². The lowest BCUT2D eigenvalue weighted by atomic mass is 10.2. The van der Waals surface area contributed by atoms with Crippen molar-refractivity contribution in [3.8, 4) is 0 Å². The standard InChI is InChI=1S/C14H21ClN2O4S/c1-11-5-6-12(9-13(11)15)17(22(3,19)20)10-14(18)16-7-4-8-21-2/h5-6,9H,4,7-8,10H2,1-3H3,(H,16,18). The van der Waals surface area contributed by atoms with Crippen molar-refractivity contribution >= 4 is 33.2 Å². The minimum absolute atomic E-state index is 0.287. The average molecular weight is 349 g/mol. The maximum atomic E-state index is 11.9. The van der Waals surface area contributed by atoms with Gasteiger partial charge in [-0.3, -0.25) is 9.10 Å². The van der Waals surface area contributed by atoms with E-state index >= 15 is 0 Å².